The molecule has 0 amide bonds. The highest BCUT2D eigenvalue weighted by Gasteiger charge is 2.23. The summed E-state index contributed by atoms with van der Waals surface area (Å²) in [6.45, 7) is 5.70. The molecule has 1 unspecified atom stereocenters. The van der Waals surface area contributed by atoms with E-state index in [0.717, 1.165) is 37.5 Å². The minimum atomic E-state index is -0.618. The number of esters is 2. The third kappa shape index (κ3) is 12.5. The Morgan fingerprint density at radius 1 is 0.854 bits per heavy atom. The summed E-state index contributed by atoms with van der Waals surface area (Å²) in [6.07, 6.45) is 22.3. The van der Waals surface area contributed by atoms with Crippen LogP contribution in [0.2, 0.25) is 5.02 Å². The average Bonchev–Trinajstić information content (AvgIpc) is 3.35. The molecule has 48 heavy (non-hydrogen) atoms. The number of benzene rings is 2. The van der Waals surface area contributed by atoms with Crippen LogP contribution in [0.4, 0.5) is 0 Å². The van der Waals surface area contributed by atoms with Gasteiger partial charge in [-0.1, -0.05) is 67.8 Å². The van der Waals surface area contributed by atoms with Crippen LogP contribution in [0.15, 0.2) is 78.9 Å². The van der Waals surface area contributed by atoms with Gasteiger partial charge in [-0.3, -0.25) is 19.0 Å². The summed E-state index contributed by atoms with van der Waals surface area (Å²) in [7, 11) is 1.56. The molecule has 0 saturated heterocycles. The molecule has 2 aromatic carbocycles. The first-order valence-electron chi connectivity index (χ1n) is 17.0. The monoisotopic (exact) mass is 675 g/mol. The highest BCUT2D eigenvalue weighted by Crippen LogP contribution is 2.31. The number of unbranched alkanes of at least 4 members (excludes halogenated alkanes) is 5. The van der Waals surface area contributed by atoms with Crippen LogP contribution in [-0.4, -0.2) is 42.2 Å². The quantitative estimate of drug-likeness (QED) is 0.0673. The summed E-state index contributed by atoms with van der Waals surface area (Å²) in [6, 6.07) is 12.1. The molecule has 0 aliphatic rings. The van der Waals surface area contributed by atoms with Crippen LogP contribution in [0, 0.1) is 6.92 Å². The van der Waals surface area contributed by atoms with Gasteiger partial charge in [0.1, 0.15) is 18.5 Å². The van der Waals surface area contributed by atoms with Crippen molar-refractivity contribution < 1.29 is 28.6 Å². The van der Waals surface area contributed by atoms with E-state index in [9.17, 15) is 14.4 Å². The largest absolute Gasteiger partial charge is 0.497 e. The predicted octanol–water partition coefficient (Wildman–Crippen LogP) is 9.91. The highest BCUT2D eigenvalue weighted by atomic mass is 35.5. The number of ether oxygens (including phenoxy) is 3. The third-order valence-corrected chi connectivity index (χ3v) is 8.24. The summed E-state index contributed by atoms with van der Waals surface area (Å²) in [5.74, 6) is -0.421. The zero-order valence-corrected chi connectivity index (χ0v) is 29.6. The lowest BCUT2D eigenvalue weighted by Crippen LogP contribution is -2.23. The van der Waals surface area contributed by atoms with Gasteiger partial charge in [0.15, 0.2) is 0 Å². The van der Waals surface area contributed by atoms with Crippen molar-refractivity contribution in [3.63, 3.8) is 0 Å². The number of fused-ring (bicyclic) bond motifs is 1. The van der Waals surface area contributed by atoms with Crippen LogP contribution in [0.25, 0.3) is 10.9 Å². The van der Waals surface area contributed by atoms with E-state index in [2.05, 4.69) is 43.4 Å². The molecule has 0 N–H and O–H groups in total. The maximum Gasteiger partial charge on any atom is 0.310 e. The van der Waals surface area contributed by atoms with E-state index in [4.69, 9.17) is 25.8 Å². The molecule has 7 nitrogen and oxygen atoms in total. The Kier molecular flexibility index (Phi) is 16.8. The first-order valence-corrected chi connectivity index (χ1v) is 17.4. The molecule has 0 bridgehead atoms. The smallest absolute Gasteiger partial charge is 0.310 e. The molecule has 0 spiro atoms. The van der Waals surface area contributed by atoms with Crippen molar-refractivity contribution in [2.24, 2.45) is 0 Å². The molecule has 3 rings (SSSR count). The Balaban J connectivity index is 1.41. The number of allylic oxidation sites excluding steroid dienone is 6. The van der Waals surface area contributed by atoms with E-state index in [1.54, 1.807) is 61.9 Å². The molecule has 0 aliphatic carbocycles. The topological polar surface area (TPSA) is 83.8 Å². The maximum atomic E-state index is 13.5. The number of hydrogen-bond acceptors (Lipinski definition) is 6. The zero-order chi connectivity index (χ0) is 34.7. The number of aromatic nitrogens is 1. The summed E-state index contributed by atoms with van der Waals surface area (Å²) < 4.78 is 18.0. The zero-order valence-electron chi connectivity index (χ0n) is 28.8. The summed E-state index contributed by atoms with van der Waals surface area (Å²) in [4.78, 5) is 38.8. The number of carbonyl (C=O) groups excluding carboxylic acids is 3. The van der Waals surface area contributed by atoms with Gasteiger partial charge >= 0.3 is 11.9 Å². The Bertz CT molecular complexity index is 1570. The molecule has 0 aliphatic heterocycles. The van der Waals surface area contributed by atoms with Crippen molar-refractivity contribution in [2.75, 3.05) is 13.7 Å². The molecule has 3 aromatic rings. The Hall–Kier alpha value is -4.10. The van der Waals surface area contributed by atoms with E-state index >= 15 is 0 Å². The fraction of sp³-hybridized carbons (Fsp3) is 0.425. The van der Waals surface area contributed by atoms with Gasteiger partial charge in [-0.2, -0.15) is 0 Å². The lowest BCUT2D eigenvalue weighted by Gasteiger charge is -2.14. The van der Waals surface area contributed by atoms with Crippen LogP contribution in [-0.2, 0) is 25.5 Å². The van der Waals surface area contributed by atoms with E-state index in [1.165, 1.54) is 25.7 Å². The van der Waals surface area contributed by atoms with E-state index in [-0.39, 0.29) is 24.9 Å². The van der Waals surface area contributed by atoms with Crippen LogP contribution in [0.1, 0.15) is 99.7 Å². The highest BCUT2D eigenvalue weighted by molar-refractivity contribution is 6.30. The Morgan fingerprint density at radius 2 is 1.50 bits per heavy atom. The van der Waals surface area contributed by atoms with E-state index in [1.807, 2.05) is 6.07 Å². The van der Waals surface area contributed by atoms with Crippen molar-refractivity contribution in [1.82, 2.24) is 4.57 Å². The molecule has 0 saturated carbocycles. The fourth-order valence-corrected chi connectivity index (χ4v) is 5.47. The molecular formula is C40H50ClNO6. The average molecular weight is 676 g/mol. The van der Waals surface area contributed by atoms with Gasteiger partial charge in [0.2, 0.25) is 0 Å². The second kappa shape index (κ2) is 21.0. The molecule has 1 heterocycles. The third-order valence-electron chi connectivity index (χ3n) is 7.99. The molecule has 1 aromatic heterocycles. The predicted molar refractivity (Wildman–Crippen MR) is 194 cm³/mol. The normalized spacial score (nSPS) is 12.4. The van der Waals surface area contributed by atoms with E-state index in [0.29, 0.717) is 39.5 Å². The lowest BCUT2D eigenvalue weighted by atomic mass is 10.1. The second-order valence-electron chi connectivity index (χ2n) is 11.9. The number of nitrogens with zero attached hydrogens (tertiary/aromatic N) is 1. The SMILES string of the molecule is CCCCC/C=C\C/C=C\C/C=C\CCCCC(=O)OCC(C)OC(=O)Cc1c(C)n(C(=O)c2ccc(Cl)cc2)c2ccc(OC)cc12. The fourth-order valence-electron chi connectivity index (χ4n) is 5.34. The molecule has 258 valence electrons. The van der Waals surface area contributed by atoms with Crippen molar-refractivity contribution >= 4 is 40.3 Å². The number of methoxy groups -OCH3 is 1. The van der Waals surface area contributed by atoms with Gasteiger partial charge in [-0.25, -0.2) is 0 Å². The maximum absolute atomic E-state index is 13.5. The summed E-state index contributed by atoms with van der Waals surface area (Å²) in [5.41, 5.74) is 2.41. The summed E-state index contributed by atoms with van der Waals surface area (Å²) >= 11 is 6.02. The second-order valence-corrected chi connectivity index (χ2v) is 12.3. The number of rotatable bonds is 20. The van der Waals surface area contributed by atoms with Crippen molar-refractivity contribution in [1.29, 1.82) is 0 Å². The molecule has 0 radical (unpaired) electrons. The molecular weight excluding hydrogens is 626 g/mol. The van der Waals surface area contributed by atoms with Crippen LogP contribution < -0.4 is 4.74 Å². The van der Waals surface area contributed by atoms with Crippen LogP contribution in [0.3, 0.4) is 0 Å². The van der Waals surface area contributed by atoms with Crippen molar-refractivity contribution in [3.8, 4) is 5.75 Å². The first kappa shape index (κ1) is 38.3. The van der Waals surface area contributed by atoms with Crippen LogP contribution in [0.5, 0.6) is 5.75 Å². The number of hydrogen-bond donors (Lipinski definition) is 0. The minimum Gasteiger partial charge on any atom is -0.497 e. The molecule has 8 heteroatoms. The standard InChI is InChI=1S/C40H50ClNO6/c1-5-6-7-8-9-10-11-12-13-14-15-16-17-18-19-20-38(43)47-29-30(2)48-39(44)28-35-31(3)42(37-26-25-34(46-4)27-36(35)37)40(45)32-21-23-33(41)24-22-32/h9-10,12-13,15-16,21-27,30H,5-8,11,14,17-20,28-29H2,1-4H3/b10-9-,13-12-,16-15-. The van der Waals surface area contributed by atoms with Gasteiger partial charge < -0.3 is 14.2 Å². The molecule has 0 fully saturated rings. The lowest BCUT2D eigenvalue weighted by molar-refractivity contribution is -0.157. The Labute approximate surface area is 290 Å². The van der Waals surface area contributed by atoms with Gasteiger partial charge in [-0.15, -0.1) is 0 Å². The number of carbonyl (C=O) groups is 3. The van der Waals surface area contributed by atoms with Crippen molar-refractivity contribution in [3.05, 3.63) is 101 Å². The van der Waals surface area contributed by atoms with Gasteiger partial charge in [-0.05, 0) is 107 Å². The number of halogens is 1. The van der Waals surface area contributed by atoms with Gasteiger partial charge in [0, 0.05) is 28.1 Å². The molecule has 1 atom stereocenters. The first-order chi connectivity index (χ1) is 23.2. The van der Waals surface area contributed by atoms with Crippen LogP contribution >= 0.6 is 11.6 Å². The van der Waals surface area contributed by atoms with Crippen molar-refractivity contribution in [2.45, 2.75) is 97.5 Å². The van der Waals surface area contributed by atoms with E-state index < -0.39 is 12.1 Å². The Morgan fingerprint density at radius 3 is 2.15 bits per heavy atom. The minimum absolute atomic E-state index is 0.0195. The van der Waals surface area contributed by atoms with Gasteiger partial charge in [0.25, 0.3) is 5.91 Å². The van der Waals surface area contributed by atoms with Gasteiger partial charge in [0.05, 0.1) is 19.0 Å². The summed E-state index contributed by atoms with van der Waals surface area (Å²) in [5, 5.41) is 1.25.